The smallest absolute Gasteiger partial charge is 0.165 e. The molecule has 2 aromatic carbocycles. The summed E-state index contributed by atoms with van der Waals surface area (Å²) in [6.07, 6.45) is 3.18. The third kappa shape index (κ3) is 5.37. The number of nitrogens with two attached hydrogens (primary N) is 1. The van der Waals surface area contributed by atoms with E-state index in [1.807, 2.05) is 30.3 Å². The van der Waals surface area contributed by atoms with Crippen molar-refractivity contribution in [3.8, 4) is 0 Å². The maximum absolute atomic E-state index is 13.3. The molecular formula is C22H27FN2O2. The Kier molecular flexibility index (Phi) is 6.24. The van der Waals surface area contributed by atoms with Gasteiger partial charge in [-0.25, -0.2) is 4.39 Å². The lowest BCUT2D eigenvalue weighted by Crippen LogP contribution is -2.45. The highest BCUT2D eigenvalue weighted by atomic mass is 19.1. The lowest BCUT2D eigenvalue weighted by Gasteiger charge is -2.38. The second kappa shape index (κ2) is 8.63. The average Bonchev–Trinajstić information content (AvgIpc) is 2.66. The van der Waals surface area contributed by atoms with Gasteiger partial charge >= 0.3 is 0 Å². The SMILES string of the molecule is Nc1ccc(F)cc1C(=O)CCCN1CCC(O)(Cc2ccccc2)CC1. The van der Waals surface area contributed by atoms with Gasteiger partial charge in [-0.05, 0) is 49.6 Å². The molecule has 0 saturated carbocycles. The lowest BCUT2D eigenvalue weighted by atomic mass is 9.85. The van der Waals surface area contributed by atoms with Crippen molar-refractivity contribution in [2.45, 2.75) is 37.7 Å². The van der Waals surface area contributed by atoms with Crippen LogP contribution in [0.5, 0.6) is 0 Å². The molecule has 144 valence electrons. The molecule has 27 heavy (non-hydrogen) atoms. The molecule has 3 rings (SSSR count). The molecule has 1 heterocycles. The maximum Gasteiger partial charge on any atom is 0.165 e. The molecule has 0 atom stereocenters. The number of carbonyl (C=O) groups excluding carboxylic acids is 1. The number of likely N-dealkylation sites (tertiary alicyclic amines) is 1. The van der Waals surface area contributed by atoms with Gasteiger partial charge in [0.05, 0.1) is 5.60 Å². The van der Waals surface area contributed by atoms with Crippen molar-refractivity contribution >= 4 is 11.5 Å². The minimum Gasteiger partial charge on any atom is -0.398 e. The van der Waals surface area contributed by atoms with Gasteiger partial charge in [0.2, 0.25) is 0 Å². The first-order valence-electron chi connectivity index (χ1n) is 9.52. The summed E-state index contributed by atoms with van der Waals surface area (Å²) in [5.74, 6) is -0.564. The van der Waals surface area contributed by atoms with Crippen molar-refractivity contribution in [3.63, 3.8) is 0 Å². The molecule has 0 spiro atoms. The molecule has 0 radical (unpaired) electrons. The van der Waals surface area contributed by atoms with E-state index >= 15 is 0 Å². The normalized spacial score (nSPS) is 17.0. The first kappa shape index (κ1) is 19.5. The summed E-state index contributed by atoms with van der Waals surface area (Å²) in [7, 11) is 0. The average molecular weight is 370 g/mol. The van der Waals surface area contributed by atoms with E-state index in [0.717, 1.165) is 38.0 Å². The lowest BCUT2D eigenvalue weighted by molar-refractivity contribution is -0.0207. The summed E-state index contributed by atoms with van der Waals surface area (Å²) in [5, 5.41) is 10.8. The zero-order valence-electron chi connectivity index (χ0n) is 15.5. The highest BCUT2D eigenvalue weighted by Gasteiger charge is 2.32. The Balaban J connectivity index is 1.43. The molecule has 0 aliphatic carbocycles. The van der Waals surface area contributed by atoms with Crippen LogP contribution in [-0.4, -0.2) is 41.0 Å². The molecule has 1 aliphatic heterocycles. The number of benzene rings is 2. The Morgan fingerprint density at radius 3 is 2.56 bits per heavy atom. The summed E-state index contributed by atoms with van der Waals surface area (Å²) in [4.78, 5) is 14.5. The number of nitrogen functional groups attached to an aromatic ring is 1. The fourth-order valence-corrected chi connectivity index (χ4v) is 3.71. The van der Waals surface area contributed by atoms with Crippen LogP contribution in [-0.2, 0) is 6.42 Å². The molecular weight excluding hydrogens is 343 g/mol. The molecule has 0 amide bonds. The predicted octanol–water partition coefficient (Wildman–Crippen LogP) is 3.44. The van der Waals surface area contributed by atoms with E-state index < -0.39 is 11.4 Å². The summed E-state index contributed by atoms with van der Waals surface area (Å²) >= 11 is 0. The molecule has 0 bridgehead atoms. The summed E-state index contributed by atoms with van der Waals surface area (Å²) in [6, 6.07) is 14.0. The summed E-state index contributed by atoms with van der Waals surface area (Å²) in [5.41, 5.74) is 6.88. The number of halogens is 1. The minimum absolute atomic E-state index is 0.121. The minimum atomic E-state index is -0.649. The number of aliphatic hydroxyl groups is 1. The van der Waals surface area contributed by atoms with Gasteiger partial charge in [0.25, 0.3) is 0 Å². The molecule has 1 fully saturated rings. The van der Waals surface area contributed by atoms with Crippen LogP contribution in [0.3, 0.4) is 0 Å². The highest BCUT2D eigenvalue weighted by Crippen LogP contribution is 2.26. The van der Waals surface area contributed by atoms with Crippen LogP contribution in [0, 0.1) is 5.82 Å². The van der Waals surface area contributed by atoms with Gasteiger partial charge in [-0.2, -0.15) is 0 Å². The Hall–Kier alpha value is -2.24. The Morgan fingerprint density at radius 2 is 1.85 bits per heavy atom. The Labute approximate surface area is 159 Å². The molecule has 3 N–H and O–H groups in total. The number of hydrogen-bond donors (Lipinski definition) is 2. The third-order valence-electron chi connectivity index (χ3n) is 5.36. The van der Waals surface area contributed by atoms with Gasteiger partial charge in [0, 0.05) is 37.2 Å². The molecule has 0 unspecified atom stereocenters. The van der Waals surface area contributed by atoms with Crippen LogP contribution >= 0.6 is 0 Å². The van der Waals surface area contributed by atoms with E-state index in [4.69, 9.17) is 5.73 Å². The standard InChI is InChI=1S/C22H27FN2O2/c23-18-8-9-20(24)19(15-18)21(26)7-4-12-25-13-10-22(27,11-14-25)16-17-5-2-1-3-6-17/h1-3,5-6,8-9,15,27H,4,7,10-14,16,24H2. The van der Waals surface area contributed by atoms with Crippen molar-refractivity contribution in [1.29, 1.82) is 0 Å². The van der Waals surface area contributed by atoms with E-state index in [1.165, 1.54) is 18.2 Å². The zero-order valence-corrected chi connectivity index (χ0v) is 15.5. The number of nitrogens with zero attached hydrogens (tertiary/aromatic N) is 1. The monoisotopic (exact) mass is 370 g/mol. The molecule has 5 heteroatoms. The molecule has 1 aliphatic rings. The Bertz CT molecular complexity index is 771. The van der Waals surface area contributed by atoms with Crippen molar-refractivity contribution in [1.82, 2.24) is 4.90 Å². The second-order valence-corrected chi connectivity index (χ2v) is 7.49. The number of ketones is 1. The number of carbonyl (C=O) groups is 1. The maximum atomic E-state index is 13.3. The van der Waals surface area contributed by atoms with Gasteiger partial charge in [-0.15, -0.1) is 0 Å². The van der Waals surface area contributed by atoms with E-state index in [1.54, 1.807) is 0 Å². The van der Waals surface area contributed by atoms with Gasteiger partial charge in [0.15, 0.2) is 5.78 Å². The van der Waals surface area contributed by atoms with E-state index in [9.17, 15) is 14.3 Å². The van der Waals surface area contributed by atoms with Gasteiger partial charge in [0.1, 0.15) is 5.82 Å². The van der Waals surface area contributed by atoms with E-state index in [0.29, 0.717) is 24.9 Å². The molecule has 1 saturated heterocycles. The fourth-order valence-electron chi connectivity index (χ4n) is 3.71. The highest BCUT2D eigenvalue weighted by molar-refractivity contribution is 6.00. The van der Waals surface area contributed by atoms with E-state index in [2.05, 4.69) is 4.90 Å². The first-order chi connectivity index (χ1) is 13.0. The zero-order chi connectivity index (χ0) is 19.3. The number of hydrogen-bond acceptors (Lipinski definition) is 4. The molecule has 2 aromatic rings. The number of Topliss-reactive ketones (excluding diaryl/α,β-unsaturated/α-hetero) is 1. The molecule has 4 nitrogen and oxygen atoms in total. The third-order valence-corrected chi connectivity index (χ3v) is 5.36. The first-order valence-corrected chi connectivity index (χ1v) is 9.52. The van der Waals surface area contributed by atoms with Crippen molar-refractivity contribution in [2.75, 3.05) is 25.4 Å². The van der Waals surface area contributed by atoms with Gasteiger partial charge < -0.3 is 15.7 Å². The molecule has 0 aromatic heterocycles. The van der Waals surface area contributed by atoms with Crippen molar-refractivity contribution in [3.05, 3.63) is 65.5 Å². The quantitative estimate of drug-likeness (QED) is 0.579. The Morgan fingerprint density at radius 1 is 1.15 bits per heavy atom. The topological polar surface area (TPSA) is 66.6 Å². The summed E-state index contributed by atoms with van der Waals surface area (Å²) < 4.78 is 13.3. The second-order valence-electron chi connectivity index (χ2n) is 7.49. The largest absolute Gasteiger partial charge is 0.398 e. The van der Waals surface area contributed by atoms with Crippen LogP contribution in [0.2, 0.25) is 0 Å². The predicted molar refractivity (Wildman–Crippen MR) is 105 cm³/mol. The van der Waals surface area contributed by atoms with Crippen LogP contribution in [0.15, 0.2) is 48.5 Å². The van der Waals surface area contributed by atoms with Crippen molar-refractivity contribution < 1.29 is 14.3 Å². The number of anilines is 1. The fraction of sp³-hybridized carbons (Fsp3) is 0.409. The van der Waals surface area contributed by atoms with E-state index in [-0.39, 0.29) is 11.3 Å². The van der Waals surface area contributed by atoms with Gasteiger partial charge in [-0.3, -0.25) is 4.79 Å². The van der Waals surface area contributed by atoms with Crippen LogP contribution in [0.25, 0.3) is 0 Å². The number of piperidine rings is 1. The van der Waals surface area contributed by atoms with Crippen molar-refractivity contribution in [2.24, 2.45) is 0 Å². The van der Waals surface area contributed by atoms with Crippen LogP contribution < -0.4 is 5.73 Å². The summed E-state index contributed by atoms with van der Waals surface area (Å²) in [6.45, 7) is 2.43. The van der Waals surface area contributed by atoms with Crippen LogP contribution in [0.1, 0.15) is 41.6 Å². The van der Waals surface area contributed by atoms with Crippen LogP contribution in [0.4, 0.5) is 10.1 Å². The van der Waals surface area contributed by atoms with Gasteiger partial charge in [-0.1, -0.05) is 30.3 Å². The number of rotatable bonds is 7.